The molecule has 0 unspecified atom stereocenters. The molecule has 3 aromatic carbocycles. The first-order valence-electron chi connectivity index (χ1n) is 13.5. The molecular weight excluding hydrogens is 428 g/mol. The van der Waals surface area contributed by atoms with E-state index in [1.807, 2.05) is 6.92 Å². The molecule has 0 bridgehead atoms. The van der Waals surface area contributed by atoms with Gasteiger partial charge in [-0.2, -0.15) is 0 Å². The molecule has 4 aromatic rings. The topological polar surface area (TPSA) is 26.5 Å². The number of hydrogen-bond donors (Lipinski definition) is 0. The normalized spacial score (nSPS) is 14.9. The number of oxime groups is 1. The van der Waals surface area contributed by atoms with Crippen LogP contribution in [-0.4, -0.2) is 16.9 Å². The summed E-state index contributed by atoms with van der Waals surface area (Å²) in [7, 11) is 0. The number of fused-ring (bicyclic) bond motifs is 3. The van der Waals surface area contributed by atoms with E-state index < -0.39 is 0 Å². The quantitative estimate of drug-likeness (QED) is 0.180. The maximum atomic E-state index is 5.57. The van der Waals surface area contributed by atoms with Crippen LogP contribution in [0, 0.1) is 12.8 Å². The minimum atomic E-state index is 0.604. The molecule has 3 heteroatoms. The average molecular weight is 467 g/mol. The summed E-state index contributed by atoms with van der Waals surface area (Å²) in [5.74, 6) is 0.844. The Morgan fingerprint density at radius 1 is 0.943 bits per heavy atom. The van der Waals surface area contributed by atoms with Gasteiger partial charge in [0.05, 0.1) is 5.71 Å². The molecule has 0 saturated heterocycles. The summed E-state index contributed by atoms with van der Waals surface area (Å²) in [4.78, 5) is 5.57. The van der Waals surface area contributed by atoms with Crippen molar-refractivity contribution in [3.05, 3.63) is 82.9 Å². The molecule has 0 N–H and O–H groups in total. The Balaban J connectivity index is 1.54. The molecule has 1 heterocycles. The average Bonchev–Trinajstić information content (AvgIpc) is 3.51. The van der Waals surface area contributed by atoms with Gasteiger partial charge in [-0.3, -0.25) is 0 Å². The van der Waals surface area contributed by atoms with Crippen molar-refractivity contribution in [2.75, 3.05) is 6.61 Å². The van der Waals surface area contributed by atoms with Crippen molar-refractivity contribution in [1.82, 2.24) is 4.57 Å². The Hall–Kier alpha value is -3.07. The molecule has 0 atom stereocenters. The molecule has 5 rings (SSSR count). The predicted octanol–water partition coefficient (Wildman–Crippen LogP) is 8.42. The molecule has 1 aliphatic carbocycles. The highest BCUT2D eigenvalue weighted by Crippen LogP contribution is 2.33. The van der Waals surface area contributed by atoms with E-state index in [4.69, 9.17) is 4.84 Å². The lowest BCUT2D eigenvalue weighted by Gasteiger charge is -2.11. The summed E-state index contributed by atoms with van der Waals surface area (Å²) in [5, 5.41) is 7.23. The van der Waals surface area contributed by atoms with Gasteiger partial charge in [-0.05, 0) is 86.9 Å². The van der Waals surface area contributed by atoms with Gasteiger partial charge >= 0.3 is 0 Å². The van der Waals surface area contributed by atoms with E-state index in [0.29, 0.717) is 6.61 Å². The van der Waals surface area contributed by atoms with E-state index in [0.717, 1.165) is 31.0 Å². The van der Waals surface area contributed by atoms with Gasteiger partial charge in [0.2, 0.25) is 0 Å². The molecule has 0 aliphatic heterocycles. The van der Waals surface area contributed by atoms with Crippen LogP contribution in [0.25, 0.3) is 21.8 Å². The molecule has 3 nitrogen and oxygen atoms in total. The monoisotopic (exact) mass is 466 g/mol. The summed E-state index contributed by atoms with van der Waals surface area (Å²) >= 11 is 0. The zero-order valence-corrected chi connectivity index (χ0v) is 21.5. The zero-order valence-electron chi connectivity index (χ0n) is 21.5. The van der Waals surface area contributed by atoms with E-state index in [-0.39, 0.29) is 0 Å². The van der Waals surface area contributed by atoms with Gasteiger partial charge in [-0.15, -0.1) is 0 Å². The van der Waals surface area contributed by atoms with Crippen LogP contribution < -0.4 is 0 Å². The van der Waals surface area contributed by atoms with E-state index in [9.17, 15) is 0 Å². The maximum absolute atomic E-state index is 5.57. The lowest BCUT2D eigenvalue weighted by Crippen LogP contribution is -2.06. The van der Waals surface area contributed by atoms with Crippen LogP contribution in [0.15, 0.2) is 65.8 Å². The lowest BCUT2D eigenvalue weighted by molar-refractivity contribution is 0.158. The van der Waals surface area contributed by atoms with Crippen LogP contribution >= 0.6 is 0 Å². The first kappa shape index (κ1) is 23.7. The van der Waals surface area contributed by atoms with E-state index in [1.165, 1.54) is 76.2 Å². The van der Waals surface area contributed by atoms with Crippen LogP contribution in [0.3, 0.4) is 0 Å². The van der Waals surface area contributed by atoms with Gasteiger partial charge in [0.25, 0.3) is 0 Å². The molecule has 0 amide bonds. The Labute approximate surface area is 209 Å². The summed E-state index contributed by atoms with van der Waals surface area (Å²) in [6.45, 7) is 8.00. The van der Waals surface area contributed by atoms with Crippen molar-refractivity contribution in [2.24, 2.45) is 11.1 Å². The first-order valence-corrected chi connectivity index (χ1v) is 13.5. The third kappa shape index (κ3) is 5.00. The lowest BCUT2D eigenvalue weighted by atomic mass is 9.96. The highest BCUT2D eigenvalue weighted by atomic mass is 16.6. The van der Waals surface area contributed by atoms with Gasteiger partial charge < -0.3 is 9.40 Å². The SMILES string of the molecule is CCON=C(CCC1CCCC1)c1ccc2c(c1)c1cc(Cc3ccccc3C)ccc1n2CC. The highest BCUT2D eigenvalue weighted by Gasteiger charge is 2.18. The van der Waals surface area contributed by atoms with Crippen molar-refractivity contribution in [1.29, 1.82) is 0 Å². The van der Waals surface area contributed by atoms with E-state index in [2.05, 4.69) is 84.2 Å². The zero-order chi connectivity index (χ0) is 24.2. The van der Waals surface area contributed by atoms with Crippen LogP contribution in [0.4, 0.5) is 0 Å². The van der Waals surface area contributed by atoms with Crippen LogP contribution in [0.5, 0.6) is 0 Å². The number of rotatable bonds is 9. The van der Waals surface area contributed by atoms with Crippen molar-refractivity contribution in [2.45, 2.75) is 72.3 Å². The molecule has 35 heavy (non-hydrogen) atoms. The largest absolute Gasteiger partial charge is 0.396 e. The smallest absolute Gasteiger partial charge is 0.114 e. The highest BCUT2D eigenvalue weighted by molar-refractivity contribution is 6.12. The third-order valence-electron chi connectivity index (χ3n) is 7.80. The number of aromatic nitrogens is 1. The molecule has 0 spiro atoms. The van der Waals surface area contributed by atoms with Gasteiger partial charge in [-0.25, -0.2) is 0 Å². The summed E-state index contributed by atoms with van der Waals surface area (Å²) < 4.78 is 2.43. The van der Waals surface area contributed by atoms with E-state index >= 15 is 0 Å². The van der Waals surface area contributed by atoms with Gasteiger partial charge in [0.1, 0.15) is 6.61 Å². The molecule has 1 aliphatic rings. The fourth-order valence-corrected chi connectivity index (χ4v) is 5.83. The van der Waals surface area contributed by atoms with Crippen molar-refractivity contribution < 1.29 is 4.84 Å². The Bertz CT molecular complexity index is 1340. The second kappa shape index (κ2) is 10.7. The fraction of sp³-hybridized carbons (Fsp3) is 0.406. The van der Waals surface area contributed by atoms with Gasteiger partial charge in [0.15, 0.2) is 0 Å². The number of aryl methyl sites for hydroxylation is 2. The number of nitrogens with zero attached hydrogens (tertiary/aromatic N) is 2. The molecule has 1 fully saturated rings. The summed E-state index contributed by atoms with van der Waals surface area (Å²) in [5.41, 5.74) is 9.00. The molecule has 1 aromatic heterocycles. The minimum absolute atomic E-state index is 0.604. The third-order valence-corrected chi connectivity index (χ3v) is 7.80. The molecular formula is C32H38N2O. The standard InChI is InChI=1S/C32H38N2O/c1-4-34-31-18-15-25(20-26-13-9-6-10-23(26)3)21-28(31)29-22-27(16-19-32(29)34)30(33-35-5-2)17-14-24-11-7-8-12-24/h6,9-10,13,15-16,18-19,21-22,24H,4-5,7-8,11-12,14,17,20H2,1-3H3. The summed E-state index contributed by atoms with van der Waals surface area (Å²) in [6, 6.07) is 22.6. The summed E-state index contributed by atoms with van der Waals surface area (Å²) in [6.07, 6.45) is 8.66. The first-order chi connectivity index (χ1) is 17.2. The van der Waals surface area contributed by atoms with Crippen molar-refractivity contribution in [3.63, 3.8) is 0 Å². The Kier molecular flexibility index (Phi) is 7.22. The predicted molar refractivity (Wildman–Crippen MR) is 148 cm³/mol. The van der Waals surface area contributed by atoms with Gasteiger partial charge in [0, 0.05) is 33.9 Å². The molecule has 182 valence electrons. The van der Waals surface area contributed by atoms with Crippen LogP contribution in [0.2, 0.25) is 0 Å². The number of benzene rings is 3. The Morgan fingerprint density at radius 3 is 2.43 bits per heavy atom. The number of hydrogen-bond acceptors (Lipinski definition) is 2. The van der Waals surface area contributed by atoms with Crippen LogP contribution in [0.1, 0.15) is 74.6 Å². The molecule has 0 radical (unpaired) electrons. The van der Waals surface area contributed by atoms with Crippen molar-refractivity contribution >= 4 is 27.5 Å². The van der Waals surface area contributed by atoms with Crippen LogP contribution in [-0.2, 0) is 17.8 Å². The minimum Gasteiger partial charge on any atom is -0.396 e. The van der Waals surface area contributed by atoms with Gasteiger partial charge in [-0.1, -0.05) is 67.2 Å². The second-order valence-corrected chi connectivity index (χ2v) is 10.1. The maximum Gasteiger partial charge on any atom is 0.114 e. The Morgan fingerprint density at radius 2 is 1.69 bits per heavy atom. The molecule has 1 saturated carbocycles. The fourth-order valence-electron chi connectivity index (χ4n) is 5.83. The van der Waals surface area contributed by atoms with E-state index in [1.54, 1.807) is 0 Å². The van der Waals surface area contributed by atoms with Crippen molar-refractivity contribution in [3.8, 4) is 0 Å². The second-order valence-electron chi connectivity index (χ2n) is 10.1.